The molecule has 1 aromatic carbocycles. The first-order valence-electron chi connectivity index (χ1n) is 4.81. The van der Waals surface area contributed by atoms with Gasteiger partial charge in [-0.3, -0.25) is 0 Å². The van der Waals surface area contributed by atoms with E-state index in [9.17, 15) is 0 Å². The third-order valence-electron chi connectivity index (χ3n) is 1.99. The van der Waals surface area contributed by atoms with E-state index in [4.69, 9.17) is 26.5 Å². The number of aliphatic hydroxyl groups excluding tert-OH is 1. The number of rotatable bonds is 3. The molecular formula is C11H18N2O3Pt. The summed E-state index contributed by atoms with van der Waals surface area (Å²) < 4.78 is 0. The Morgan fingerprint density at radius 2 is 1.76 bits per heavy atom. The van der Waals surface area contributed by atoms with Gasteiger partial charge in [-0.25, -0.2) is 4.79 Å². The second-order valence-electron chi connectivity index (χ2n) is 3.54. The second-order valence-corrected chi connectivity index (χ2v) is 3.54. The van der Waals surface area contributed by atoms with E-state index in [-0.39, 0.29) is 26.6 Å². The molecule has 0 radical (unpaired) electrons. The molecule has 0 saturated heterocycles. The zero-order valence-electron chi connectivity index (χ0n) is 9.57. The maximum atomic E-state index is 9.12. The van der Waals surface area contributed by atoms with Crippen LogP contribution in [0.25, 0.3) is 0 Å². The van der Waals surface area contributed by atoms with E-state index >= 15 is 0 Å². The third kappa shape index (κ3) is 8.05. The number of aliphatic carboxylic acids is 1. The first kappa shape index (κ1) is 18.6. The Hall–Kier alpha value is -0.742. The van der Waals surface area contributed by atoms with Crippen LogP contribution in [0, 0.1) is 0 Å². The molecule has 0 aliphatic heterocycles. The number of benzene rings is 1. The summed E-state index contributed by atoms with van der Waals surface area (Å²) in [6, 6.07) is 9.89. The molecule has 1 rings (SSSR count). The van der Waals surface area contributed by atoms with E-state index in [1.165, 1.54) is 0 Å². The summed E-state index contributed by atoms with van der Waals surface area (Å²) in [6.07, 6.45) is 0. The summed E-state index contributed by atoms with van der Waals surface area (Å²) in [6.45, 7) is 1.62. The third-order valence-corrected chi connectivity index (χ3v) is 1.99. The van der Waals surface area contributed by atoms with Crippen molar-refractivity contribution < 1.29 is 36.1 Å². The number of hydrogen-bond donors (Lipinski definition) is 4. The fourth-order valence-corrected chi connectivity index (χ4v) is 0.937. The van der Waals surface area contributed by atoms with Crippen molar-refractivity contribution in [3.8, 4) is 0 Å². The molecule has 5 nitrogen and oxygen atoms in total. The predicted molar refractivity (Wildman–Crippen MR) is 61.8 cm³/mol. The fraction of sp³-hybridized carbons (Fsp3) is 0.364. The first-order valence-corrected chi connectivity index (χ1v) is 4.81. The zero-order valence-corrected chi connectivity index (χ0v) is 11.8. The molecule has 17 heavy (non-hydrogen) atoms. The monoisotopic (exact) mass is 421 g/mol. The number of nitrogens with two attached hydrogens (primary N) is 2. The molecule has 0 aliphatic rings. The number of hydrogen-bond acceptors (Lipinski definition) is 4. The van der Waals surface area contributed by atoms with Gasteiger partial charge in [0.2, 0.25) is 0 Å². The normalized spacial score (nSPS) is 12.5. The molecule has 0 aliphatic carbocycles. The topological polar surface area (TPSA) is 110 Å². The zero-order chi connectivity index (χ0) is 12.6. The van der Waals surface area contributed by atoms with Crippen molar-refractivity contribution in [3.63, 3.8) is 0 Å². The van der Waals surface area contributed by atoms with E-state index in [2.05, 4.69) is 0 Å². The van der Waals surface area contributed by atoms with Crippen molar-refractivity contribution in [1.29, 1.82) is 0 Å². The first-order chi connectivity index (χ1) is 7.44. The van der Waals surface area contributed by atoms with Crippen molar-refractivity contribution in [2.75, 3.05) is 13.2 Å². The molecule has 6 N–H and O–H groups in total. The summed E-state index contributed by atoms with van der Waals surface area (Å²) >= 11 is 0. The quantitative estimate of drug-likeness (QED) is 0.544. The number of aliphatic hydroxyl groups is 1. The molecular weight excluding hydrogens is 403 g/mol. The second kappa shape index (κ2) is 9.31. The fourth-order valence-electron chi connectivity index (χ4n) is 0.937. The Morgan fingerprint density at radius 3 is 2.06 bits per heavy atom. The molecule has 1 unspecified atom stereocenters. The van der Waals surface area contributed by atoms with Crippen molar-refractivity contribution in [2.24, 2.45) is 11.5 Å². The Bertz CT molecular complexity index is 318. The van der Waals surface area contributed by atoms with Crippen LogP contribution in [0.3, 0.4) is 0 Å². The van der Waals surface area contributed by atoms with Crippen molar-refractivity contribution in [2.45, 2.75) is 12.5 Å². The van der Waals surface area contributed by atoms with E-state index in [0.29, 0.717) is 6.54 Å². The predicted octanol–water partition coefficient (Wildman–Crippen LogP) is -0.120. The van der Waals surface area contributed by atoms with Gasteiger partial charge in [-0.15, -0.1) is 0 Å². The van der Waals surface area contributed by atoms with Crippen LogP contribution >= 0.6 is 0 Å². The molecule has 1 aromatic rings. The van der Waals surface area contributed by atoms with Crippen molar-refractivity contribution in [3.05, 3.63) is 35.9 Å². The number of carboxylic acids is 1. The molecule has 100 valence electrons. The minimum absolute atomic E-state index is 0. The molecule has 6 heteroatoms. The number of carbonyl (C=O) groups is 1. The molecule has 0 aromatic heterocycles. The van der Waals surface area contributed by atoms with Gasteiger partial charge in [0.05, 0.1) is 5.54 Å². The SMILES string of the molecule is CC(N)(CN)c1ccccc1.O=C(O)CO.[Pt]. The van der Waals surface area contributed by atoms with Crippen LogP contribution < -0.4 is 11.5 Å². The molecule has 0 spiro atoms. The van der Waals surface area contributed by atoms with Gasteiger partial charge in [-0.2, -0.15) is 0 Å². The van der Waals surface area contributed by atoms with Gasteiger partial charge >= 0.3 is 5.97 Å². The maximum Gasteiger partial charge on any atom is 0.329 e. The standard InChI is InChI=1S/C9H14N2.C2H4O3.Pt/c1-9(11,7-10)8-5-3-2-4-6-8;3-1-2(4)5;/h2-6H,7,10-11H2,1H3;3H,1H2,(H,4,5);. The summed E-state index contributed by atoms with van der Waals surface area (Å²) in [5.41, 5.74) is 12.1. The molecule has 0 bridgehead atoms. The largest absolute Gasteiger partial charge is 0.480 e. The van der Waals surface area contributed by atoms with Crippen LogP contribution in [0.1, 0.15) is 12.5 Å². The van der Waals surface area contributed by atoms with Crippen LogP contribution in [0.15, 0.2) is 30.3 Å². The Kier molecular flexibility index (Phi) is 10.2. The van der Waals surface area contributed by atoms with Crippen molar-refractivity contribution in [1.82, 2.24) is 0 Å². The average molecular weight is 421 g/mol. The van der Waals surface area contributed by atoms with E-state index in [1.807, 2.05) is 37.3 Å². The van der Waals surface area contributed by atoms with E-state index < -0.39 is 12.6 Å². The van der Waals surface area contributed by atoms with Gasteiger partial charge in [-0.1, -0.05) is 30.3 Å². The number of carboxylic acid groups (broad SMARTS) is 1. The Balaban J connectivity index is 0. The van der Waals surface area contributed by atoms with Crippen LogP contribution in [0.5, 0.6) is 0 Å². The summed E-state index contributed by atoms with van der Waals surface area (Å²) in [7, 11) is 0. The molecule has 1 atom stereocenters. The molecule has 0 heterocycles. The van der Waals surface area contributed by atoms with Gasteiger partial charge in [-0.05, 0) is 12.5 Å². The van der Waals surface area contributed by atoms with Crippen LogP contribution in [0.4, 0.5) is 0 Å². The Morgan fingerprint density at radius 1 is 1.35 bits per heavy atom. The molecule has 0 saturated carbocycles. The van der Waals surface area contributed by atoms with Crippen LogP contribution in [0.2, 0.25) is 0 Å². The van der Waals surface area contributed by atoms with E-state index in [0.717, 1.165) is 5.56 Å². The molecule has 0 fully saturated rings. The minimum Gasteiger partial charge on any atom is -0.480 e. The summed E-state index contributed by atoms with van der Waals surface area (Å²) in [5, 5.41) is 15.0. The van der Waals surface area contributed by atoms with Gasteiger partial charge in [0.25, 0.3) is 0 Å². The van der Waals surface area contributed by atoms with Crippen LogP contribution in [-0.2, 0) is 31.4 Å². The van der Waals surface area contributed by atoms with Crippen LogP contribution in [-0.4, -0.2) is 29.3 Å². The summed E-state index contributed by atoms with van der Waals surface area (Å²) in [5.74, 6) is -1.19. The molecule has 0 amide bonds. The maximum absolute atomic E-state index is 9.12. The van der Waals surface area contributed by atoms with E-state index in [1.54, 1.807) is 0 Å². The van der Waals surface area contributed by atoms with Gasteiger partial charge in [0.15, 0.2) is 0 Å². The van der Waals surface area contributed by atoms with Crippen molar-refractivity contribution >= 4 is 5.97 Å². The average Bonchev–Trinajstić information content (AvgIpc) is 2.31. The van der Waals surface area contributed by atoms with Gasteiger partial charge in [0.1, 0.15) is 6.61 Å². The smallest absolute Gasteiger partial charge is 0.329 e. The Labute approximate surface area is 115 Å². The summed E-state index contributed by atoms with van der Waals surface area (Å²) in [4.78, 5) is 9.12. The minimum atomic E-state index is -1.19. The van der Waals surface area contributed by atoms with Gasteiger partial charge in [0, 0.05) is 27.6 Å². The van der Waals surface area contributed by atoms with Gasteiger partial charge < -0.3 is 21.7 Å².